The fourth-order valence-corrected chi connectivity index (χ4v) is 2.33. The summed E-state index contributed by atoms with van der Waals surface area (Å²) in [7, 11) is 0. The number of halogens is 1. The van der Waals surface area contributed by atoms with E-state index in [1.54, 1.807) is 0 Å². The SMILES string of the molecule is CCCNc1nc(CCOCC)nc(CC(C)C)c1Br. The molecule has 0 saturated heterocycles. The molecule has 20 heavy (non-hydrogen) atoms. The van der Waals surface area contributed by atoms with Crippen LogP contribution in [-0.4, -0.2) is 29.7 Å². The van der Waals surface area contributed by atoms with Crippen LogP contribution in [0.25, 0.3) is 0 Å². The van der Waals surface area contributed by atoms with Gasteiger partial charge in [0.25, 0.3) is 0 Å². The molecule has 0 spiro atoms. The molecule has 0 saturated carbocycles. The van der Waals surface area contributed by atoms with Crippen molar-refractivity contribution in [3.05, 3.63) is 16.0 Å². The lowest BCUT2D eigenvalue weighted by molar-refractivity contribution is 0.149. The van der Waals surface area contributed by atoms with Gasteiger partial charge in [0.1, 0.15) is 11.6 Å². The fourth-order valence-electron chi connectivity index (χ4n) is 1.85. The molecule has 0 unspecified atom stereocenters. The molecule has 0 bridgehead atoms. The third kappa shape index (κ3) is 5.75. The normalized spacial score (nSPS) is 11.1. The van der Waals surface area contributed by atoms with Gasteiger partial charge in [-0.1, -0.05) is 20.8 Å². The van der Waals surface area contributed by atoms with E-state index in [4.69, 9.17) is 4.74 Å². The summed E-state index contributed by atoms with van der Waals surface area (Å²) >= 11 is 3.64. The molecular formula is C15H26BrN3O. The van der Waals surface area contributed by atoms with Crippen molar-refractivity contribution >= 4 is 21.7 Å². The highest BCUT2D eigenvalue weighted by atomic mass is 79.9. The third-order valence-corrected chi connectivity index (χ3v) is 3.62. The summed E-state index contributed by atoms with van der Waals surface area (Å²) in [5, 5.41) is 3.37. The number of hydrogen-bond donors (Lipinski definition) is 1. The molecule has 0 aliphatic heterocycles. The first-order valence-electron chi connectivity index (χ1n) is 7.45. The Morgan fingerprint density at radius 1 is 1.25 bits per heavy atom. The molecule has 0 aliphatic carbocycles. The molecule has 1 aromatic rings. The van der Waals surface area contributed by atoms with Crippen molar-refractivity contribution in [2.75, 3.05) is 25.1 Å². The maximum absolute atomic E-state index is 5.40. The lowest BCUT2D eigenvalue weighted by Gasteiger charge is -2.14. The summed E-state index contributed by atoms with van der Waals surface area (Å²) in [5.74, 6) is 2.33. The Kier molecular flexibility index (Phi) is 8.07. The Hall–Kier alpha value is -0.680. The molecule has 0 aromatic carbocycles. The summed E-state index contributed by atoms with van der Waals surface area (Å²) in [6.07, 6.45) is 2.78. The van der Waals surface area contributed by atoms with Gasteiger partial charge in [0.2, 0.25) is 0 Å². The van der Waals surface area contributed by atoms with Crippen molar-refractivity contribution in [3.63, 3.8) is 0 Å². The molecule has 1 aromatic heterocycles. The third-order valence-electron chi connectivity index (χ3n) is 2.78. The Labute approximate surface area is 130 Å². The van der Waals surface area contributed by atoms with Gasteiger partial charge in [0, 0.05) is 19.6 Å². The number of rotatable bonds is 9. The molecule has 0 amide bonds. The van der Waals surface area contributed by atoms with Crippen molar-refractivity contribution in [1.82, 2.24) is 9.97 Å². The highest BCUT2D eigenvalue weighted by molar-refractivity contribution is 9.10. The standard InChI is InChI=1S/C15H26BrN3O/c1-5-8-17-15-14(16)12(10-11(3)4)18-13(19-15)7-9-20-6-2/h11H,5-10H2,1-4H3,(H,17,18,19). The number of anilines is 1. The van der Waals surface area contributed by atoms with Crippen LogP contribution in [0.4, 0.5) is 5.82 Å². The van der Waals surface area contributed by atoms with Crippen LogP contribution >= 0.6 is 15.9 Å². The molecule has 5 heteroatoms. The van der Waals surface area contributed by atoms with Crippen LogP contribution in [0.3, 0.4) is 0 Å². The highest BCUT2D eigenvalue weighted by Gasteiger charge is 2.13. The molecule has 1 heterocycles. The zero-order valence-corrected chi connectivity index (χ0v) is 14.6. The van der Waals surface area contributed by atoms with Gasteiger partial charge >= 0.3 is 0 Å². The molecular weight excluding hydrogens is 318 g/mol. The molecule has 0 aliphatic rings. The lowest BCUT2D eigenvalue weighted by atomic mass is 10.1. The second kappa shape index (κ2) is 9.29. The summed E-state index contributed by atoms with van der Waals surface area (Å²) < 4.78 is 6.40. The number of aromatic nitrogens is 2. The van der Waals surface area contributed by atoms with E-state index in [0.29, 0.717) is 12.5 Å². The predicted octanol–water partition coefficient (Wildman–Crippen LogP) is 3.84. The zero-order valence-electron chi connectivity index (χ0n) is 13.0. The first kappa shape index (κ1) is 17.4. The van der Waals surface area contributed by atoms with E-state index < -0.39 is 0 Å². The van der Waals surface area contributed by atoms with Gasteiger partial charge in [-0.25, -0.2) is 9.97 Å². The van der Waals surface area contributed by atoms with Crippen molar-refractivity contribution in [3.8, 4) is 0 Å². The molecule has 0 radical (unpaired) electrons. The molecule has 114 valence electrons. The second-order valence-electron chi connectivity index (χ2n) is 5.22. The average Bonchev–Trinajstić information content (AvgIpc) is 2.40. The van der Waals surface area contributed by atoms with E-state index >= 15 is 0 Å². The maximum Gasteiger partial charge on any atom is 0.144 e. The van der Waals surface area contributed by atoms with Crippen molar-refractivity contribution in [1.29, 1.82) is 0 Å². The molecule has 4 nitrogen and oxygen atoms in total. The van der Waals surface area contributed by atoms with Gasteiger partial charge in [0.15, 0.2) is 0 Å². The maximum atomic E-state index is 5.40. The monoisotopic (exact) mass is 343 g/mol. The quantitative estimate of drug-likeness (QED) is 0.692. The van der Waals surface area contributed by atoms with Crippen molar-refractivity contribution in [2.24, 2.45) is 5.92 Å². The van der Waals surface area contributed by atoms with E-state index in [2.05, 4.69) is 52.0 Å². The smallest absolute Gasteiger partial charge is 0.144 e. The molecule has 1 rings (SSSR count). The van der Waals surface area contributed by atoms with E-state index in [1.165, 1.54) is 0 Å². The van der Waals surface area contributed by atoms with Gasteiger partial charge in [-0.3, -0.25) is 0 Å². The number of ether oxygens (including phenoxy) is 1. The minimum absolute atomic E-state index is 0.569. The summed E-state index contributed by atoms with van der Waals surface area (Å²) in [6.45, 7) is 10.9. The van der Waals surface area contributed by atoms with Gasteiger partial charge < -0.3 is 10.1 Å². The van der Waals surface area contributed by atoms with Crippen LogP contribution in [0.5, 0.6) is 0 Å². The van der Waals surface area contributed by atoms with Crippen LogP contribution in [0.1, 0.15) is 45.6 Å². The topological polar surface area (TPSA) is 47.0 Å². The first-order valence-corrected chi connectivity index (χ1v) is 8.24. The summed E-state index contributed by atoms with van der Waals surface area (Å²) in [5.41, 5.74) is 1.08. The van der Waals surface area contributed by atoms with Gasteiger partial charge in [0.05, 0.1) is 16.8 Å². The van der Waals surface area contributed by atoms with Crippen molar-refractivity contribution < 1.29 is 4.74 Å². The Morgan fingerprint density at radius 3 is 2.60 bits per heavy atom. The second-order valence-corrected chi connectivity index (χ2v) is 6.01. The van der Waals surface area contributed by atoms with Crippen LogP contribution in [0.15, 0.2) is 4.47 Å². The van der Waals surface area contributed by atoms with Crippen LogP contribution < -0.4 is 5.32 Å². The minimum atomic E-state index is 0.569. The van der Waals surface area contributed by atoms with Gasteiger partial charge in [-0.2, -0.15) is 0 Å². The highest BCUT2D eigenvalue weighted by Crippen LogP contribution is 2.25. The van der Waals surface area contributed by atoms with E-state index in [9.17, 15) is 0 Å². The Bertz CT molecular complexity index is 410. The van der Waals surface area contributed by atoms with E-state index in [0.717, 1.165) is 54.2 Å². The largest absolute Gasteiger partial charge is 0.381 e. The van der Waals surface area contributed by atoms with Crippen molar-refractivity contribution in [2.45, 2.75) is 47.0 Å². The Balaban J connectivity index is 2.92. The predicted molar refractivity (Wildman–Crippen MR) is 87.3 cm³/mol. The van der Waals surface area contributed by atoms with Crippen LogP contribution in [-0.2, 0) is 17.6 Å². The number of hydrogen-bond acceptors (Lipinski definition) is 4. The van der Waals surface area contributed by atoms with E-state index in [-0.39, 0.29) is 0 Å². The molecule has 0 fully saturated rings. The summed E-state index contributed by atoms with van der Waals surface area (Å²) in [4.78, 5) is 9.28. The molecule has 1 N–H and O–H groups in total. The Morgan fingerprint density at radius 2 is 2.00 bits per heavy atom. The van der Waals surface area contributed by atoms with Gasteiger partial charge in [-0.15, -0.1) is 0 Å². The van der Waals surface area contributed by atoms with Crippen LogP contribution in [0, 0.1) is 5.92 Å². The van der Waals surface area contributed by atoms with E-state index in [1.807, 2.05) is 6.92 Å². The average molecular weight is 344 g/mol. The summed E-state index contributed by atoms with van der Waals surface area (Å²) in [6, 6.07) is 0. The number of nitrogens with one attached hydrogen (secondary N) is 1. The fraction of sp³-hybridized carbons (Fsp3) is 0.733. The zero-order chi connectivity index (χ0) is 15.0. The van der Waals surface area contributed by atoms with Gasteiger partial charge in [-0.05, 0) is 41.6 Å². The minimum Gasteiger partial charge on any atom is -0.381 e. The lowest BCUT2D eigenvalue weighted by Crippen LogP contribution is -2.12. The van der Waals surface area contributed by atoms with Crippen LogP contribution in [0.2, 0.25) is 0 Å². The first-order chi connectivity index (χ1) is 9.58. The number of nitrogens with zero attached hydrogens (tertiary/aromatic N) is 2. The molecule has 0 atom stereocenters.